The quantitative estimate of drug-likeness (QED) is 0.707. The van der Waals surface area contributed by atoms with E-state index in [-0.39, 0.29) is 0 Å². The maximum atomic E-state index is 11.3. The van der Waals surface area contributed by atoms with Crippen molar-refractivity contribution >= 4 is 17.6 Å². The second-order valence-electron chi connectivity index (χ2n) is 3.41. The van der Waals surface area contributed by atoms with Gasteiger partial charge in [-0.25, -0.2) is 4.79 Å². The lowest BCUT2D eigenvalue weighted by Crippen LogP contribution is -2.33. The van der Waals surface area contributed by atoms with Gasteiger partial charge in [-0.05, 0) is 25.0 Å². The van der Waals surface area contributed by atoms with Gasteiger partial charge >= 0.3 is 11.9 Å². The van der Waals surface area contributed by atoms with Crippen LogP contribution >= 0.6 is 0 Å². The largest absolute Gasteiger partial charge is 0.474 e. The summed E-state index contributed by atoms with van der Waals surface area (Å²) in [5.74, 6) is -2.37. The number of benzene rings is 1. The Morgan fingerprint density at radius 2 is 1.67 bits per heavy atom. The van der Waals surface area contributed by atoms with Crippen molar-refractivity contribution in [2.45, 2.75) is 13.8 Å². The number of aryl methyl sites for hydroxylation is 2. The Balaban J connectivity index is 3.16. The number of anilines is 1. The first-order valence-electron chi connectivity index (χ1n) is 4.52. The lowest BCUT2D eigenvalue weighted by molar-refractivity contribution is -0.148. The molecule has 1 N–H and O–H groups in total. The molecule has 4 nitrogen and oxygen atoms in total. The molecule has 1 amide bonds. The number of carboxylic acids is 1. The number of hydrogen-bond donors (Lipinski definition) is 1. The molecule has 1 aromatic rings. The second kappa shape index (κ2) is 4.13. The predicted octanol–water partition coefficient (Wildman–Crippen LogP) is 1.35. The van der Waals surface area contributed by atoms with Gasteiger partial charge < -0.3 is 10.0 Å². The van der Waals surface area contributed by atoms with Crippen LogP contribution in [0.25, 0.3) is 0 Å². The van der Waals surface area contributed by atoms with Crippen LogP contribution in [0.15, 0.2) is 18.2 Å². The Morgan fingerprint density at radius 3 is 2.07 bits per heavy atom. The Morgan fingerprint density at radius 1 is 1.20 bits per heavy atom. The molecule has 80 valence electrons. The van der Waals surface area contributed by atoms with Crippen LogP contribution in [0.1, 0.15) is 11.1 Å². The van der Waals surface area contributed by atoms with E-state index < -0.39 is 11.9 Å². The molecule has 15 heavy (non-hydrogen) atoms. The van der Waals surface area contributed by atoms with E-state index in [1.165, 1.54) is 7.05 Å². The summed E-state index contributed by atoms with van der Waals surface area (Å²) in [4.78, 5) is 23.0. The van der Waals surface area contributed by atoms with Crippen LogP contribution < -0.4 is 4.90 Å². The van der Waals surface area contributed by atoms with Gasteiger partial charge in [0.15, 0.2) is 0 Å². The highest BCUT2D eigenvalue weighted by Crippen LogP contribution is 2.23. The molecule has 1 rings (SSSR count). The lowest BCUT2D eigenvalue weighted by Gasteiger charge is -2.19. The number of amides is 1. The summed E-state index contributed by atoms with van der Waals surface area (Å²) in [6.45, 7) is 3.68. The number of carbonyl (C=O) groups excluding carboxylic acids is 1. The van der Waals surface area contributed by atoms with Crippen LogP contribution in [0, 0.1) is 13.8 Å². The zero-order chi connectivity index (χ0) is 11.6. The third-order valence-corrected chi connectivity index (χ3v) is 2.26. The minimum Gasteiger partial charge on any atom is -0.474 e. The fourth-order valence-corrected chi connectivity index (χ4v) is 1.58. The molecule has 0 atom stereocenters. The van der Waals surface area contributed by atoms with Gasteiger partial charge in [-0.1, -0.05) is 18.2 Å². The Hall–Kier alpha value is -1.84. The highest BCUT2D eigenvalue weighted by atomic mass is 16.4. The van der Waals surface area contributed by atoms with E-state index in [2.05, 4.69) is 0 Å². The third kappa shape index (κ3) is 2.15. The van der Waals surface area contributed by atoms with E-state index >= 15 is 0 Å². The van der Waals surface area contributed by atoms with Gasteiger partial charge in [-0.3, -0.25) is 4.79 Å². The number of carbonyl (C=O) groups is 2. The summed E-state index contributed by atoms with van der Waals surface area (Å²) in [5, 5.41) is 8.60. The van der Waals surface area contributed by atoms with Crippen LogP contribution in [-0.2, 0) is 9.59 Å². The second-order valence-corrected chi connectivity index (χ2v) is 3.41. The van der Waals surface area contributed by atoms with E-state index in [4.69, 9.17) is 5.11 Å². The van der Waals surface area contributed by atoms with E-state index in [1.807, 2.05) is 32.0 Å². The Kier molecular flexibility index (Phi) is 3.09. The van der Waals surface area contributed by atoms with Crippen molar-refractivity contribution in [2.24, 2.45) is 0 Å². The van der Waals surface area contributed by atoms with Crippen molar-refractivity contribution in [3.05, 3.63) is 29.3 Å². The van der Waals surface area contributed by atoms with Crippen LogP contribution in [-0.4, -0.2) is 24.0 Å². The first kappa shape index (κ1) is 11.2. The normalized spacial score (nSPS) is 9.80. The molecule has 0 aliphatic heterocycles. The predicted molar refractivity (Wildman–Crippen MR) is 57.0 cm³/mol. The maximum absolute atomic E-state index is 11.3. The SMILES string of the molecule is Cc1cccc(C)c1N(C)C(=O)C(=O)O. The fraction of sp³-hybridized carbons (Fsp3) is 0.273. The summed E-state index contributed by atoms with van der Waals surface area (Å²) in [5.41, 5.74) is 2.42. The monoisotopic (exact) mass is 207 g/mol. The van der Waals surface area contributed by atoms with Gasteiger partial charge in [0.2, 0.25) is 0 Å². The Bertz CT molecular complexity index is 392. The average Bonchev–Trinajstić information content (AvgIpc) is 2.15. The van der Waals surface area contributed by atoms with E-state index in [1.54, 1.807) is 0 Å². The van der Waals surface area contributed by atoms with Gasteiger partial charge in [0, 0.05) is 12.7 Å². The number of likely N-dealkylation sites (N-methyl/N-ethyl adjacent to an activating group) is 1. The molecular formula is C11H13NO3. The van der Waals surface area contributed by atoms with Crippen molar-refractivity contribution < 1.29 is 14.7 Å². The first-order chi connectivity index (χ1) is 6.95. The molecule has 1 aromatic carbocycles. The van der Waals surface area contributed by atoms with Crippen LogP contribution in [0.4, 0.5) is 5.69 Å². The van der Waals surface area contributed by atoms with Gasteiger partial charge in [-0.15, -0.1) is 0 Å². The summed E-state index contributed by atoms with van der Waals surface area (Å²) in [7, 11) is 1.46. The highest BCUT2D eigenvalue weighted by Gasteiger charge is 2.20. The number of hydrogen-bond acceptors (Lipinski definition) is 2. The fourth-order valence-electron chi connectivity index (χ4n) is 1.58. The van der Waals surface area contributed by atoms with Crippen LogP contribution in [0.2, 0.25) is 0 Å². The highest BCUT2D eigenvalue weighted by molar-refractivity contribution is 6.37. The van der Waals surface area contributed by atoms with E-state index in [9.17, 15) is 9.59 Å². The van der Waals surface area contributed by atoms with E-state index in [0.717, 1.165) is 16.0 Å². The molecule has 0 fully saturated rings. The van der Waals surface area contributed by atoms with Crippen LogP contribution in [0.3, 0.4) is 0 Å². The molecule has 0 unspecified atom stereocenters. The zero-order valence-corrected chi connectivity index (χ0v) is 8.94. The molecule has 0 aromatic heterocycles. The maximum Gasteiger partial charge on any atom is 0.394 e. The third-order valence-electron chi connectivity index (χ3n) is 2.26. The van der Waals surface area contributed by atoms with Crippen LogP contribution in [0.5, 0.6) is 0 Å². The molecule has 0 heterocycles. The molecule has 0 saturated carbocycles. The molecule has 4 heteroatoms. The van der Waals surface area contributed by atoms with Gasteiger partial charge in [0.1, 0.15) is 0 Å². The van der Waals surface area contributed by atoms with E-state index in [0.29, 0.717) is 5.69 Å². The molecule has 0 spiro atoms. The minimum atomic E-state index is -1.44. The topological polar surface area (TPSA) is 57.6 Å². The van der Waals surface area contributed by atoms with Gasteiger partial charge in [0.25, 0.3) is 0 Å². The number of para-hydroxylation sites is 1. The standard InChI is InChI=1S/C11H13NO3/c1-7-5-4-6-8(2)9(7)12(3)10(13)11(14)15/h4-6H,1-3H3,(H,14,15). The first-order valence-corrected chi connectivity index (χ1v) is 4.52. The van der Waals surface area contributed by atoms with Crippen molar-refractivity contribution in [1.82, 2.24) is 0 Å². The molecular weight excluding hydrogens is 194 g/mol. The molecule has 0 saturated heterocycles. The minimum absolute atomic E-state index is 0.657. The summed E-state index contributed by atoms with van der Waals surface area (Å²) in [6, 6.07) is 5.55. The molecule has 0 bridgehead atoms. The Labute approximate surface area is 88.1 Å². The molecule has 0 aliphatic carbocycles. The lowest BCUT2D eigenvalue weighted by atomic mass is 10.1. The summed E-state index contributed by atoms with van der Waals surface area (Å²) in [6.07, 6.45) is 0. The zero-order valence-electron chi connectivity index (χ0n) is 8.94. The molecule has 0 radical (unpaired) electrons. The average molecular weight is 207 g/mol. The number of aliphatic carboxylic acids is 1. The van der Waals surface area contributed by atoms with Crippen molar-refractivity contribution in [2.75, 3.05) is 11.9 Å². The van der Waals surface area contributed by atoms with Crippen molar-refractivity contribution in [1.29, 1.82) is 0 Å². The summed E-state index contributed by atoms with van der Waals surface area (Å²) < 4.78 is 0. The van der Waals surface area contributed by atoms with Crippen molar-refractivity contribution in [3.63, 3.8) is 0 Å². The van der Waals surface area contributed by atoms with Gasteiger partial charge in [0.05, 0.1) is 0 Å². The summed E-state index contributed by atoms with van der Waals surface area (Å²) >= 11 is 0. The molecule has 0 aliphatic rings. The van der Waals surface area contributed by atoms with Crippen molar-refractivity contribution in [3.8, 4) is 0 Å². The number of carboxylic acid groups (broad SMARTS) is 1. The number of rotatable bonds is 1. The van der Waals surface area contributed by atoms with Gasteiger partial charge in [-0.2, -0.15) is 0 Å². The number of nitrogens with zero attached hydrogens (tertiary/aromatic N) is 1. The smallest absolute Gasteiger partial charge is 0.394 e.